The minimum Gasteiger partial charge on any atom is -0.397 e. The third-order valence-corrected chi connectivity index (χ3v) is 3.25. The molecule has 1 unspecified atom stereocenters. The van der Waals surface area contributed by atoms with Crippen molar-refractivity contribution in [2.24, 2.45) is 0 Å². The number of nitrogens with two attached hydrogens (primary N) is 1. The quantitative estimate of drug-likeness (QED) is 0.917. The third kappa shape index (κ3) is 2.47. The average molecular weight is 257 g/mol. The maximum atomic E-state index is 12.2. The molecule has 4 heteroatoms. The zero-order valence-electron chi connectivity index (χ0n) is 11.5. The van der Waals surface area contributed by atoms with Crippen LogP contribution in [-0.4, -0.2) is 29.5 Å². The van der Waals surface area contributed by atoms with Gasteiger partial charge >= 0.3 is 0 Å². The first-order valence-electron chi connectivity index (χ1n) is 6.25. The van der Waals surface area contributed by atoms with E-state index in [2.05, 4.69) is 6.92 Å². The van der Waals surface area contributed by atoms with Crippen LogP contribution in [0, 0.1) is 0 Å². The molecule has 100 valence electrons. The van der Waals surface area contributed by atoms with E-state index >= 15 is 0 Å². The van der Waals surface area contributed by atoms with E-state index in [-0.39, 0.29) is 11.9 Å². The summed E-state index contributed by atoms with van der Waals surface area (Å²) in [6.07, 6.45) is 1.86. The van der Waals surface area contributed by atoms with Gasteiger partial charge < -0.3 is 15.2 Å². The van der Waals surface area contributed by atoms with E-state index in [1.54, 1.807) is 25.1 Å². The smallest absolute Gasteiger partial charge is 0.272 e. The van der Waals surface area contributed by atoms with E-state index in [9.17, 15) is 4.79 Å². The minimum absolute atomic E-state index is 0.0670. The van der Waals surface area contributed by atoms with Crippen molar-refractivity contribution in [1.29, 1.82) is 0 Å². The third-order valence-electron chi connectivity index (χ3n) is 3.25. The molecule has 1 aromatic carbocycles. The SMILES string of the molecule is CC(c1ccccc1)n1ccc(N)c1C(=O)N(C)C. The van der Waals surface area contributed by atoms with Crippen molar-refractivity contribution in [3.63, 3.8) is 0 Å². The topological polar surface area (TPSA) is 51.3 Å². The summed E-state index contributed by atoms with van der Waals surface area (Å²) >= 11 is 0. The summed E-state index contributed by atoms with van der Waals surface area (Å²) < 4.78 is 1.92. The van der Waals surface area contributed by atoms with Crippen LogP contribution in [-0.2, 0) is 0 Å². The largest absolute Gasteiger partial charge is 0.397 e. The van der Waals surface area contributed by atoms with Crippen LogP contribution in [0.15, 0.2) is 42.6 Å². The number of nitrogens with zero attached hydrogens (tertiary/aromatic N) is 2. The van der Waals surface area contributed by atoms with Crippen molar-refractivity contribution in [3.05, 3.63) is 53.9 Å². The zero-order valence-corrected chi connectivity index (χ0v) is 11.5. The van der Waals surface area contributed by atoms with E-state index in [4.69, 9.17) is 5.73 Å². The summed E-state index contributed by atoms with van der Waals surface area (Å²) in [5, 5.41) is 0. The van der Waals surface area contributed by atoms with Gasteiger partial charge in [0.25, 0.3) is 5.91 Å². The monoisotopic (exact) mass is 257 g/mol. The lowest BCUT2D eigenvalue weighted by Crippen LogP contribution is -2.26. The Bertz CT molecular complexity index is 572. The van der Waals surface area contributed by atoms with Crippen LogP contribution in [0.1, 0.15) is 29.0 Å². The van der Waals surface area contributed by atoms with Crippen LogP contribution < -0.4 is 5.73 Å². The predicted molar refractivity (Wildman–Crippen MR) is 77.1 cm³/mol. The molecule has 0 aliphatic rings. The van der Waals surface area contributed by atoms with Crippen molar-refractivity contribution in [1.82, 2.24) is 9.47 Å². The summed E-state index contributed by atoms with van der Waals surface area (Å²) in [5.74, 6) is -0.0784. The number of hydrogen-bond acceptors (Lipinski definition) is 2. The molecule has 4 nitrogen and oxygen atoms in total. The molecule has 0 bridgehead atoms. The molecular weight excluding hydrogens is 238 g/mol. The molecule has 1 aromatic heterocycles. The summed E-state index contributed by atoms with van der Waals surface area (Å²) in [5.41, 5.74) is 8.13. The van der Waals surface area contributed by atoms with Crippen LogP contribution in [0.4, 0.5) is 5.69 Å². The normalized spacial score (nSPS) is 12.2. The molecule has 1 heterocycles. The Morgan fingerprint density at radius 1 is 1.21 bits per heavy atom. The summed E-state index contributed by atoms with van der Waals surface area (Å²) in [6, 6.07) is 11.9. The van der Waals surface area contributed by atoms with E-state index in [1.165, 1.54) is 0 Å². The Morgan fingerprint density at radius 3 is 2.42 bits per heavy atom. The zero-order chi connectivity index (χ0) is 14.0. The number of carbonyl (C=O) groups is 1. The number of nitrogen functional groups attached to an aromatic ring is 1. The Morgan fingerprint density at radius 2 is 1.84 bits per heavy atom. The highest BCUT2D eigenvalue weighted by molar-refractivity contribution is 5.97. The maximum absolute atomic E-state index is 12.2. The molecular formula is C15H19N3O. The predicted octanol–water partition coefficient (Wildman–Crippen LogP) is 2.38. The standard InChI is InChI=1S/C15H19N3O/c1-11(12-7-5-4-6-8-12)18-10-9-13(16)14(18)15(19)17(2)3/h4-11H,16H2,1-3H3. The van der Waals surface area contributed by atoms with Gasteiger partial charge in [-0.3, -0.25) is 4.79 Å². The van der Waals surface area contributed by atoms with E-state index in [1.807, 2.05) is 41.1 Å². The number of benzene rings is 1. The second-order valence-electron chi connectivity index (χ2n) is 4.81. The Hall–Kier alpha value is -2.23. The lowest BCUT2D eigenvalue weighted by molar-refractivity contribution is 0.0817. The highest BCUT2D eigenvalue weighted by Crippen LogP contribution is 2.24. The van der Waals surface area contributed by atoms with E-state index in [0.717, 1.165) is 5.56 Å². The molecule has 0 saturated carbocycles. The Kier molecular flexibility index (Phi) is 3.60. The second kappa shape index (κ2) is 5.18. The molecule has 2 N–H and O–H groups in total. The van der Waals surface area contributed by atoms with Gasteiger partial charge in [-0.05, 0) is 18.6 Å². The first-order chi connectivity index (χ1) is 9.02. The van der Waals surface area contributed by atoms with Gasteiger partial charge in [0.2, 0.25) is 0 Å². The number of rotatable bonds is 3. The number of hydrogen-bond donors (Lipinski definition) is 1. The van der Waals surface area contributed by atoms with Crippen LogP contribution in [0.5, 0.6) is 0 Å². The van der Waals surface area contributed by atoms with Crippen LogP contribution in [0.3, 0.4) is 0 Å². The highest BCUT2D eigenvalue weighted by atomic mass is 16.2. The van der Waals surface area contributed by atoms with Gasteiger partial charge in [0.05, 0.1) is 11.7 Å². The van der Waals surface area contributed by atoms with Gasteiger partial charge in [0.1, 0.15) is 5.69 Å². The fourth-order valence-electron chi connectivity index (χ4n) is 2.12. The molecule has 2 aromatic rings. The number of amides is 1. The van der Waals surface area contributed by atoms with Crippen molar-refractivity contribution in [2.45, 2.75) is 13.0 Å². The Labute approximate surface area is 113 Å². The van der Waals surface area contributed by atoms with E-state index in [0.29, 0.717) is 11.4 Å². The molecule has 0 spiro atoms. The molecule has 2 rings (SSSR count). The molecule has 1 amide bonds. The average Bonchev–Trinajstić information content (AvgIpc) is 2.79. The van der Waals surface area contributed by atoms with Gasteiger partial charge in [-0.1, -0.05) is 30.3 Å². The molecule has 1 atom stereocenters. The van der Waals surface area contributed by atoms with Crippen molar-refractivity contribution < 1.29 is 4.79 Å². The van der Waals surface area contributed by atoms with Crippen LogP contribution >= 0.6 is 0 Å². The van der Waals surface area contributed by atoms with E-state index < -0.39 is 0 Å². The first-order valence-corrected chi connectivity index (χ1v) is 6.25. The Balaban J connectivity index is 2.44. The van der Waals surface area contributed by atoms with Gasteiger partial charge in [-0.25, -0.2) is 0 Å². The second-order valence-corrected chi connectivity index (χ2v) is 4.81. The molecule has 0 aliphatic heterocycles. The first kappa shape index (κ1) is 13.2. The lowest BCUT2D eigenvalue weighted by atomic mass is 10.1. The summed E-state index contributed by atoms with van der Waals surface area (Å²) in [7, 11) is 3.46. The van der Waals surface area contributed by atoms with Crippen molar-refractivity contribution in [2.75, 3.05) is 19.8 Å². The fraction of sp³-hybridized carbons (Fsp3) is 0.267. The minimum atomic E-state index is -0.0784. The fourth-order valence-corrected chi connectivity index (χ4v) is 2.12. The van der Waals surface area contributed by atoms with Crippen molar-refractivity contribution >= 4 is 11.6 Å². The van der Waals surface area contributed by atoms with Crippen molar-refractivity contribution in [3.8, 4) is 0 Å². The molecule has 0 saturated heterocycles. The van der Waals surface area contributed by atoms with Gasteiger partial charge in [-0.15, -0.1) is 0 Å². The van der Waals surface area contributed by atoms with Gasteiger partial charge in [0, 0.05) is 20.3 Å². The molecule has 19 heavy (non-hydrogen) atoms. The highest BCUT2D eigenvalue weighted by Gasteiger charge is 2.20. The van der Waals surface area contributed by atoms with Crippen LogP contribution in [0.2, 0.25) is 0 Å². The molecule has 0 fully saturated rings. The summed E-state index contributed by atoms with van der Waals surface area (Å²) in [4.78, 5) is 13.7. The van der Waals surface area contributed by atoms with Gasteiger partial charge in [-0.2, -0.15) is 0 Å². The number of aromatic nitrogens is 1. The number of anilines is 1. The molecule has 0 aliphatic carbocycles. The maximum Gasteiger partial charge on any atom is 0.272 e. The van der Waals surface area contributed by atoms with Gasteiger partial charge in [0.15, 0.2) is 0 Å². The number of carbonyl (C=O) groups excluding carboxylic acids is 1. The van der Waals surface area contributed by atoms with Crippen LogP contribution in [0.25, 0.3) is 0 Å². The lowest BCUT2D eigenvalue weighted by Gasteiger charge is -2.20. The summed E-state index contributed by atoms with van der Waals surface area (Å²) in [6.45, 7) is 2.06. The molecule has 0 radical (unpaired) electrons.